The number of rotatable bonds is 6. The van der Waals surface area contributed by atoms with Crippen LogP contribution in [0, 0.1) is 0 Å². The summed E-state index contributed by atoms with van der Waals surface area (Å²) in [5.74, 6) is -0.254. The van der Waals surface area contributed by atoms with Gasteiger partial charge in [-0.25, -0.2) is 0 Å². The summed E-state index contributed by atoms with van der Waals surface area (Å²) in [6.07, 6.45) is -0.162. The monoisotopic (exact) mass is 479 g/mol. The van der Waals surface area contributed by atoms with Gasteiger partial charge in [0, 0.05) is 17.5 Å². The molecular weight excluding hydrogens is 461 g/mol. The number of alkyl halides is 3. The number of benzene rings is 3. The lowest BCUT2D eigenvalue weighted by molar-refractivity contribution is -0.121. The van der Waals surface area contributed by atoms with E-state index in [2.05, 4.69) is 16.0 Å². The maximum atomic E-state index is 12.4. The molecule has 0 bridgehead atoms. The first-order valence-corrected chi connectivity index (χ1v) is 10.8. The molecule has 4 nitrogen and oxygen atoms in total. The quantitative estimate of drug-likeness (QED) is 0.245. The number of anilines is 1. The van der Waals surface area contributed by atoms with Crippen molar-refractivity contribution in [3.63, 3.8) is 0 Å². The van der Waals surface area contributed by atoms with Crippen LogP contribution in [0.5, 0.6) is 0 Å². The number of hydrogen-bond acceptors (Lipinski definition) is 2. The molecule has 0 unspecified atom stereocenters. The second-order valence-corrected chi connectivity index (χ2v) is 9.43. The van der Waals surface area contributed by atoms with Crippen molar-refractivity contribution < 1.29 is 4.79 Å². The molecule has 0 saturated carbocycles. The van der Waals surface area contributed by atoms with Gasteiger partial charge in [-0.2, -0.15) is 0 Å². The molecule has 1 atom stereocenters. The van der Waals surface area contributed by atoms with E-state index in [0.29, 0.717) is 6.42 Å². The topological polar surface area (TPSA) is 53.2 Å². The van der Waals surface area contributed by atoms with Gasteiger partial charge in [0.25, 0.3) is 0 Å². The maximum absolute atomic E-state index is 12.4. The molecular formula is C22H20Cl3N3OS. The number of thiocarbonyl (C=S) groups is 1. The van der Waals surface area contributed by atoms with Gasteiger partial charge in [-0.3, -0.25) is 4.79 Å². The fourth-order valence-corrected chi connectivity index (χ4v) is 3.51. The van der Waals surface area contributed by atoms with E-state index >= 15 is 0 Å². The Bertz CT molecular complexity index is 1020. The van der Waals surface area contributed by atoms with Gasteiger partial charge in [0.15, 0.2) is 5.11 Å². The van der Waals surface area contributed by atoms with Crippen molar-refractivity contribution in [3.8, 4) is 0 Å². The number of carbonyl (C=O) groups excluding carboxylic acids is 1. The second-order valence-electron chi connectivity index (χ2n) is 6.65. The minimum atomic E-state index is -1.80. The number of nitrogens with one attached hydrogen (secondary N) is 3. The zero-order valence-corrected chi connectivity index (χ0v) is 19.0. The number of fused-ring (bicyclic) bond motifs is 1. The van der Waals surface area contributed by atoms with E-state index < -0.39 is 9.96 Å². The molecule has 30 heavy (non-hydrogen) atoms. The molecule has 0 fully saturated rings. The summed E-state index contributed by atoms with van der Waals surface area (Å²) >= 11 is 23.6. The van der Waals surface area contributed by atoms with Crippen molar-refractivity contribution in [1.29, 1.82) is 0 Å². The van der Waals surface area contributed by atoms with Gasteiger partial charge in [0.05, 0.1) is 0 Å². The molecule has 0 heterocycles. The van der Waals surface area contributed by atoms with Gasteiger partial charge in [-0.1, -0.05) is 102 Å². The smallest absolute Gasteiger partial charge is 0.228 e. The molecule has 0 aliphatic heterocycles. The average Bonchev–Trinajstić information content (AvgIpc) is 2.72. The van der Waals surface area contributed by atoms with Gasteiger partial charge in [-0.05, 0) is 35.7 Å². The van der Waals surface area contributed by atoms with E-state index in [-0.39, 0.29) is 17.4 Å². The lowest BCUT2D eigenvalue weighted by Gasteiger charge is -2.28. The van der Waals surface area contributed by atoms with E-state index in [1.807, 2.05) is 72.8 Å². The van der Waals surface area contributed by atoms with Crippen molar-refractivity contribution in [2.24, 2.45) is 0 Å². The lowest BCUT2D eigenvalue weighted by atomic mass is 10.1. The molecule has 0 aromatic heterocycles. The Morgan fingerprint density at radius 3 is 2.30 bits per heavy atom. The largest absolute Gasteiger partial charge is 0.339 e. The first-order chi connectivity index (χ1) is 14.3. The average molecular weight is 481 g/mol. The summed E-state index contributed by atoms with van der Waals surface area (Å²) < 4.78 is -1.80. The molecule has 156 valence electrons. The summed E-state index contributed by atoms with van der Waals surface area (Å²) in [6.45, 7) is 0. The third-order valence-electron chi connectivity index (χ3n) is 4.43. The fourth-order valence-electron chi connectivity index (χ4n) is 2.96. The predicted molar refractivity (Wildman–Crippen MR) is 130 cm³/mol. The molecule has 8 heteroatoms. The van der Waals surface area contributed by atoms with E-state index in [4.69, 9.17) is 47.0 Å². The van der Waals surface area contributed by atoms with Gasteiger partial charge >= 0.3 is 0 Å². The molecule has 3 aromatic carbocycles. The lowest BCUT2D eigenvalue weighted by Crippen LogP contribution is -2.56. The van der Waals surface area contributed by atoms with Crippen LogP contribution in [0.15, 0.2) is 72.8 Å². The fraction of sp³-hybridized carbons (Fsp3) is 0.182. The molecule has 0 saturated heterocycles. The third kappa shape index (κ3) is 6.47. The molecule has 0 radical (unpaired) electrons. The standard InChI is InChI=1S/C22H20Cl3N3OS/c23-22(24,25)20(27-19(29)14-13-15-7-2-1-3-8-15)28-21(30)26-18-12-6-10-16-9-4-5-11-17(16)18/h1-12,20H,13-14H2,(H,27,29)(H2,26,28,30)/t20-/m1/s1. The Morgan fingerprint density at radius 1 is 0.900 bits per heavy atom. The Labute approximate surface area is 195 Å². The maximum Gasteiger partial charge on any atom is 0.228 e. The predicted octanol–water partition coefficient (Wildman–Crippen LogP) is 5.57. The first kappa shape index (κ1) is 22.6. The molecule has 0 aliphatic carbocycles. The Morgan fingerprint density at radius 2 is 1.57 bits per heavy atom. The van der Waals surface area contributed by atoms with Crippen LogP contribution in [-0.4, -0.2) is 21.0 Å². The van der Waals surface area contributed by atoms with Crippen molar-refractivity contribution in [1.82, 2.24) is 10.6 Å². The van der Waals surface area contributed by atoms with Crippen LogP contribution in [0.3, 0.4) is 0 Å². The Kier molecular flexibility index (Phi) is 7.78. The Balaban J connectivity index is 1.62. The number of halogens is 3. The zero-order valence-electron chi connectivity index (χ0n) is 15.9. The Hall–Kier alpha value is -2.05. The van der Waals surface area contributed by atoms with E-state index in [1.165, 1.54) is 0 Å². The van der Waals surface area contributed by atoms with E-state index in [1.54, 1.807) is 0 Å². The van der Waals surface area contributed by atoms with Crippen LogP contribution in [0.1, 0.15) is 12.0 Å². The third-order valence-corrected chi connectivity index (χ3v) is 5.30. The zero-order chi connectivity index (χ0) is 21.6. The highest BCUT2D eigenvalue weighted by atomic mass is 35.6. The van der Waals surface area contributed by atoms with Crippen molar-refractivity contribution in [2.75, 3.05) is 5.32 Å². The van der Waals surface area contributed by atoms with Crippen LogP contribution in [0.25, 0.3) is 10.8 Å². The van der Waals surface area contributed by atoms with Crippen LogP contribution in [0.4, 0.5) is 5.69 Å². The van der Waals surface area contributed by atoms with Crippen molar-refractivity contribution >= 4 is 74.5 Å². The SMILES string of the molecule is O=C(CCc1ccccc1)N[C@H](NC(=S)Nc1cccc2ccccc12)C(Cl)(Cl)Cl. The summed E-state index contributed by atoms with van der Waals surface area (Å²) in [4.78, 5) is 12.4. The molecule has 0 aliphatic rings. The molecule has 0 spiro atoms. The van der Waals surface area contributed by atoms with E-state index in [0.717, 1.165) is 22.0 Å². The first-order valence-electron chi connectivity index (χ1n) is 9.28. The normalized spacial score (nSPS) is 12.2. The van der Waals surface area contributed by atoms with Gasteiger partial charge in [-0.15, -0.1) is 0 Å². The minimum Gasteiger partial charge on any atom is -0.339 e. The van der Waals surface area contributed by atoms with Gasteiger partial charge in [0.1, 0.15) is 6.17 Å². The van der Waals surface area contributed by atoms with E-state index in [9.17, 15) is 4.79 Å². The molecule has 3 rings (SSSR count). The number of carbonyl (C=O) groups is 1. The van der Waals surface area contributed by atoms with Crippen LogP contribution >= 0.6 is 47.0 Å². The summed E-state index contributed by atoms with van der Waals surface area (Å²) in [5, 5.41) is 11.0. The molecule has 3 aromatic rings. The van der Waals surface area contributed by atoms with Crippen LogP contribution < -0.4 is 16.0 Å². The second kappa shape index (κ2) is 10.3. The highest BCUT2D eigenvalue weighted by molar-refractivity contribution is 7.80. The minimum absolute atomic E-state index is 0.228. The molecule has 1 amide bonds. The van der Waals surface area contributed by atoms with Gasteiger partial charge in [0.2, 0.25) is 9.70 Å². The number of aryl methyl sites for hydroxylation is 1. The van der Waals surface area contributed by atoms with Gasteiger partial charge < -0.3 is 16.0 Å². The van der Waals surface area contributed by atoms with Crippen molar-refractivity contribution in [3.05, 3.63) is 78.4 Å². The van der Waals surface area contributed by atoms with Crippen LogP contribution in [-0.2, 0) is 11.2 Å². The number of hydrogen-bond donors (Lipinski definition) is 3. The number of amides is 1. The summed E-state index contributed by atoms with van der Waals surface area (Å²) in [7, 11) is 0. The summed E-state index contributed by atoms with van der Waals surface area (Å²) in [5.41, 5.74) is 1.86. The summed E-state index contributed by atoms with van der Waals surface area (Å²) in [6, 6.07) is 23.4. The highest BCUT2D eigenvalue weighted by Gasteiger charge is 2.34. The molecule has 3 N–H and O–H groups in total. The highest BCUT2D eigenvalue weighted by Crippen LogP contribution is 2.29. The van der Waals surface area contributed by atoms with Crippen molar-refractivity contribution in [2.45, 2.75) is 22.8 Å². The van der Waals surface area contributed by atoms with Crippen LogP contribution in [0.2, 0.25) is 0 Å².